The Labute approximate surface area is 150 Å². The van der Waals surface area contributed by atoms with Crippen molar-refractivity contribution >= 4 is 28.6 Å². The molecular formula is C20H18N2O4. The summed E-state index contributed by atoms with van der Waals surface area (Å²) in [6, 6.07) is 14.8. The number of hydrogen-bond acceptors (Lipinski definition) is 4. The van der Waals surface area contributed by atoms with Crippen LogP contribution in [-0.4, -0.2) is 29.3 Å². The van der Waals surface area contributed by atoms with Crippen molar-refractivity contribution in [2.75, 3.05) is 6.61 Å². The second-order valence-corrected chi connectivity index (χ2v) is 5.65. The number of amides is 1. The Morgan fingerprint density at radius 2 is 1.73 bits per heavy atom. The molecule has 0 saturated heterocycles. The number of carbonyl (C=O) groups is 3. The predicted octanol–water partition coefficient (Wildman–Crippen LogP) is 2.77. The van der Waals surface area contributed by atoms with Crippen molar-refractivity contribution < 1.29 is 19.1 Å². The van der Waals surface area contributed by atoms with Gasteiger partial charge in [0.25, 0.3) is 11.7 Å². The van der Waals surface area contributed by atoms with Gasteiger partial charge in [-0.1, -0.05) is 48.5 Å². The number of aromatic nitrogens is 1. The Morgan fingerprint density at radius 3 is 2.46 bits per heavy atom. The lowest BCUT2D eigenvalue weighted by Gasteiger charge is -2.17. The summed E-state index contributed by atoms with van der Waals surface area (Å²) < 4.78 is 5.03. The lowest BCUT2D eigenvalue weighted by Crippen LogP contribution is -2.38. The van der Waals surface area contributed by atoms with E-state index in [0.29, 0.717) is 10.9 Å². The van der Waals surface area contributed by atoms with Gasteiger partial charge in [-0.25, -0.2) is 4.79 Å². The topological polar surface area (TPSA) is 88.3 Å². The highest BCUT2D eigenvalue weighted by Gasteiger charge is 2.28. The van der Waals surface area contributed by atoms with Crippen LogP contribution in [0.5, 0.6) is 0 Å². The molecule has 0 bridgehead atoms. The van der Waals surface area contributed by atoms with E-state index in [-0.39, 0.29) is 12.2 Å². The molecule has 1 aromatic heterocycles. The molecular weight excluding hydrogens is 332 g/mol. The molecule has 1 amide bonds. The van der Waals surface area contributed by atoms with Gasteiger partial charge in [0.05, 0.1) is 12.2 Å². The standard InChI is InChI=1S/C20H18N2O4/c1-2-26-20(25)17(13-8-4-3-5-9-13)22-19(24)18(23)15-12-21-16-11-7-6-10-14(15)16/h3-12,17,21H,2H2,1H3,(H,22,24). The van der Waals surface area contributed by atoms with Gasteiger partial charge in [-0.3, -0.25) is 9.59 Å². The van der Waals surface area contributed by atoms with Crippen LogP contribution in [0, 0.1) is 0 Å². The van der Waals surface area contributed by atoms with Gasteiger partial charge in [0.2, 0.25) is 0 Å². The summed E-state index contributed by atoms with van der Waals surface area (Å²) in [7, 11) is 0. The Hall–Kier alpha value is -3.41. The normalized spacial score (nSPS) is 11.7. The number of para-hydroxylation sites is 1. The molecule has 0 saturated carbocycles. The number of carbonyl (C=O) groups excluding carboxylic acids is 3. The minimum absolute atomic E-state index is 0.175. The zero-order valence-corrected chi connectivity index (χ0v) is 14.2. The quantitative estimate of drug-likeness (QED) is 0.406. The van der Waals surface area contributed by atoms with Crippen LogP contribution in [-0.2, 0) is 14.3 Å². The molecule has 0 aliphatic heterocycles. The van der Waals surface area contributed by atoms with Gasteiger partial charge in [0.15, 0.2) is 6.04 Å². The van der Waals surface area contributed by atoms with Crippen molar-refractivity contribution in [3.05, 3.63) is 71.9 Å². The largest absolute Gasteiger partial charge is 0.464 e. The Kier molecular flexibility index (Phi) is 5.12. The maximum atomic E-state index is 12.6. The van der Waals surface area contributed by atoms with Crippen LogP contribution in [0.2, 0.25) is 0 Å². The van der Waals surface area contributed by atoms with Gasteiger partial charge in [-0.15, -0.1) is 0 Å². The SMILES string of the molecule is CCOC(=O)C(NC(=O)C(=O)c1c[nH]c2ccccc12)c1ccccc1. The van der Waals surface area contributed by atoms with Crippen LogP contribution in [0.4, 0.5) is 0 Å². The van der Waals surface area contributed by atoms with E-state index >= 15 is 0 Å². The summed E-state index contributed by atoms with van der Waals surface area (Å²) in [6.45, 7) is 1.85. The third-order valence-corrected chi connectivity index (χ3v) is 3.97. The minimum atomic E-state index is -1.04. The molecule has 0 aliphatic rings. The number of aromatic amines is 1. The number of fused-ring (bicyclic) bond motifs is 1. The molecule has 0 aliphatic carbocycles. The molecule has 3 aromatic rings. The zero-order valence-electron chi connectivity index (χ0n) is 14.2. The van der Waals surface area contributed by atoms with Crippen molar-refractivity contribution in [3.8, 4) is 0 Å². The number of benzene rings is 2. The molecule has 0 fully saturated rings. The minimum Gasteiger partial charge on any atom is -0.464 e. The zero-order chi connectivity index (χ0) is 18.5. The van der Waals surface area contributed by atoms with Gasteiger partial charge in [0, 0.05) is 17.1 Å². The number of ether oxygens (including phenoxy) is 1. The maximum absolute atomic E-state index is 12.6. The summed E-state index contributed by atoms with van der Waals surface area (Å²) in [5, 5.41) is 3.15. The van der Waals surface area contributed by atoms with Crippen molar-refractivity contribution in [2.45, 2.75) is 13.0 Å². The Balaban J connectivity index is 1.85. The molecule has 1 atom stereocenters. The van der Waals surface area contributed by atoms with Gasteiger partial charge in [-0.2, -0.15) is 0 Å². The van der Waals surface area contributed by atoms with E-state index in [2.05, 4.69) is 10.3 Å². The number of rotatable bonds is 6. The van der Waals surface area contributed by atoms with E-state index in [1.807, 2.05) is 12.1 Å². The molecule has 1 heterocycles. The van der Waals surface area contributed by atoms with Crippen LogP contribution in [0.3, 0.4) is 0 Å². The maximum Gasteiger partial charge on any atom is 0.333 e. The van der Waals surface area contributed by atoms with Gasteiger partial charge < -0.3 is 15.0 Å². The first kappa shape index (κ1) is 17.4. The number of ketones is 1. The third kappa shape index (κ3) is 3.49. The average Bonchev–Trinajstić information content (AvgIpc) is 3.10. The van der Waals surface area contributed by atoms with Crippen LogP contribution >= 0.6 is 0 Å². The highest BCUT2D eigenvalue weighted by atomic mass is 16.5. The molecule has 26 heavy (non-hydrogen) atoms. The predicted molar refractivity (Wildman–Crippen MR) is 96.6 cm³/mol. The van der Waals surface area contributed by atoms with Crippen LogP contribution in [0.1, 0.15) is 28.9 Å². The van der Waals surface area contributed by atoms with E-state index in [0.717, 1.165) is 5.52 Å². The van der Waals surface area contributed by atoms with Crippen molar-refractivity contribution in [3.63, 3.8) is 0 Å². The fraction of sp³-hybridized carbons (Fsp3) is 0.150. The first-order valence-electron chi connectivity index (χ1n) is 8.24. The second-order valence-electron chi connectivity index (χ2n) is 5.65. The van der Waals surface area contributed by atoms with Crippen LogP contribution in [0.25, 0.3) is 10.9 Å². The van der Waals surface area contributed by atoms with E-state index in [1.165, 1.54) is 6.20 Å². The monoisotopic (exact) mass is 350 g/mol. The van der Waals surface area contributed by atoms with Gasteiger partial charge >= 0.3 is 5.97 Å². The van der Waals surface area contributed by atoms with E-state index in [9.17, 15) is 14.4 Å². The molecule has 2 N–H and O–H groups in total. The molecule has 132 valence electrons. The summed E-state index contributed by atoms with van der Waals surface area (Å²) >= 11 is 0. The fourth-order valence-corrected chi connectivity index (χ4v) is 2.73. The number of hydrogen-bond donors (Lipinski definition) is 2. The fourth-order valence-electron chi connectivity index (χ4n) is 2.73. The van der Waals surface area contributed by atoms with Crippen molar-refractivity contribution in [1.82, 2.24) is 10.3 Å². The van der Waals surface area contributed by atoms with Crippen molar-refractivity contribution in [2.24, 2.45) is 0 Å². The Bertz CT molecular complexity index is 947. The average molecular weight is 350 g/mol. The number of nitrogens with one attached hydrogen (secondary N) is 2. The summed E-state index contributed by atoms with van der Waals surface area (Å²) in [4.78, 5) is 40.3. The number of Topliss-reactive ketones (excluding diaryl/α,β-unsaturated/α-hetero) is 1. The molecule has 1 unspecified atom stereocenters. The smallest absolute Gasteiger partial charge is 0.333 e. The number of esters is 1. The van der Waals surface area contributed by atoms with Gasteiger partial charge in [0.1, 0.15) is 0 Å². The first-order valence-corrected chi connectivity index (χ1v) is 8.24. The second kappa shape index (κ2) is 7.65. The summed E-state index contributed by atoms with van der Waals surface area (Å²) in [5.41, 5.74) is 1.56. The van der Waals surface area contributed by atoms with E-state index in [4.69, 9.17) is 4.74 Å². The molecule has 2 aromatic carbocycles. The van der Waals surface area contributed by atoms with E-state index < -0.39 is 23.7 Å². The number of H-pyrrole nitrogens is 1. The summed E-state index contributed by atoms with van der Waals surface area (Å²) in [6.07, 6.45) is 1.49. The van der Waals surface area contributed by atoms with Crippen molar-refractivity contribution in [1.29, 1.82) is 0 Å². The lowest BCUT2D eigenvalue weighted by atomic mass is 10.1. The Morgan fingerprint density at radius 1 is 1.04 bits per heavy atom. The highest BCUT2D eigenvalue weighted by Crippen LogP contribution is 2.19. The van der Waals surface area contributed by atoms with Crippen LogP contribution in [0.15, 0.2) is 60.8 Å². The summed E-state index contributed by atoms with van der Waals surface area (Å²) in [5.74, 6) is -2.19. The molecule has 6 nitrogen and oxygen atoms in total. The van der Waals surface area contributed by atoms with Crippen LogP contribution < -0.4 is 5.32 Å². The highest BCUT2D eigenvalue weighted by molar-refractivity contribution is 6.45. The van der Waals surface area contributed by atoms with E-state index in [1.54, 1.807) is 49.4 Å². The molecule has 0 spiro atoms. The molecule has 6 heteroatoms. The third-order valence-electron chi connectivity index (χ3n) is 3.97. The van der Waals surface area contributed by atoms with Gasteiger partial charge in [-0.05, 0) is 18.6 Å². The first-order chi connectivity index (χ1) is 12.6. The molecule has 3 rings (SSSR count). The lowest BCUT2D eigenvalue weighted by molar-refractivity contribution is -0.147. The molecule has 0 radical (unpaired) electrons.